The summed E-state index contributed by atoms with van der Waals surface area (Å²) in [5.74, 6) is -0.0736. The van der Waals surface area contributed by atoms with Gasteiger partial charge in [-0.3, -0.25) is 9.00 Å². The molecule has 0 saturated carbocycles. The molecule has 1 aromatic carbocycles. The topological polar surface area (TPSA) is 62.8 Å². The highest BCUT2D eigenvalue weighted by atomic mass is 32.2. The van der Waals surface area contributed by atoms with Crippen LogP contribution in [0.2, 0.25) is 0 Å². The fourth-order valence-electron chi connectivity index (χ4n) is 2.25. The van der Waals surface area contributed by atoms with Crippen molar-refractivity contribution in [2.45, 2.75) is 31.6 Å². The van der Waals surface area contributed by atoms with Crippen molar-refractivity contribution in [2.24, 2.45) is 5.92 Å². The molecule has 2 aromatic rings. The molecule has 2 rings (SSSR count). The van der Waals surface area contributed by atoms with Crippen molar-refractivity contribution in [2.75, 3.05) is 6.26 Å². The van der Waals surface area contributed by atoms with Crippen molar-refractivity contribution in [3.63, 3.8) is 0 Å². The van der Waals surface area contributed by atoms with Crippen LogP contribution in [0, 0.1) is 11.7 Å². The average Bonchev–Trinajstić information content (AvgIpc) is 2.45. The van der Waals surface area contributed by atoms with Gasteiger partial charge >= 0.3 is 0 Å². The molecule has 0 aliphatic rings. The van der Waals surface area contributed by atoms with Gasteiger partial charge in [0.2, 0.25) is 0 Å². The summed E-state index contributed by atoms with van der Waals surface area (Å²) in [6, 6.07) is 4.48. The van der Waals surface area contributed by atoms with E-state index >= 15 is 0 Å². The molecule has 1 atom stereocenters. The summed E-state index contributed by atoms with van der Waals surface area (Å²) in [4.78, 5) is 12.2. The second-order valence-corrected chi connectivity index (χ2v) is 6.97. The zero-order valence-electron chi connectivity index (χ0n) is 12.9. The summed E-state index contributed by atoms with van der Waals surface area (Å²) >= 11 is 0. The number of rotatable bonds is 5. The van der Waals surface area contributed by atoms with Gasteiger partial charge in [0.1, 0.15) is 5.82 Å². The molecule has 0 spiro atoms. The van der Waals surface area contributed by atoms with Gasteiger partial charge in [-0.05, 0) is 36.5 Å². The average molecular weight is 322 g/mol. The molecule has 1 unspecified atom stereocenters. The summed E-state index contributed by atoms with van der Waals surface area (Å²) in [6.45, 7) is 4.17. The number of aromatic nitrogens is 2. The number of hydrogen-bond donors (Lipinski definition) is 1. The first-order valence-corrected chi connectivity index (χ1v) is 8.66. The highest BCUT2D eigenvalue weighted by Gasteiger charge is 2.13. The predicted octanol–water partition coefficient (Wildman–Crippen LogP) is 2.90. The number of nitrogens with one attached hydrogen (secondary N) is 1. The molecular weight excluding hydrogens is 303 g/mol. The quantitative estimate of drug-likeness (QED) is 0.920. The molecule has 0 aliphatic carbocycles. The van der Waals surface area contributed by atoms with Crippen molar-refractivity contribution < 1.29 is 8.60 Å². The lowest BCUT2D eigenvalue weighted by Crippen LogP contribution is -2.16. The largest absolute Gasteiger partial charge is 0.268 e. The Morgan fingerprint density at radius 2 is 2.09 bits per heavy atom. The Morgan fingerprint density at radius 1 is 1.36 bits per heavy atom. The Hall–Kier alpha value is -1.82. The Labute approximate surface area is 131 Å². The summed E-state index contributed by atoms with van der Waals surface area (Å²) in [7, 11) is -1.38. The maximum atomic E-state index is 14.0. The van der Waals surface area contributed by atoms with Crippen LogP contribution in [-0.4, -0.2) is 20.7 Å². The lowest BCUT2D eigenvalue weighted by molar-refractivity contribution is 0.584. The highest BCUT2D eigenvalue weighted by Crippen LogP contribution is 2.25. The van der Waals surface area contributed by atoms with Crippen molar-refractivity contribution in [3.8, 4) is 11.1 Å². The molecular formula is C16H19FN2O2S. The van der Waals surface area contributed by atoms with E-state index in [1.54, 1.807) is 6.07 Å². The SMILES string of the molecule is CC(C)CCc1c(-c2ccc(S(C)=O)c(F)c2)cn[nH]c1=O. The van der Waals surface area contributed by atoms with Crippen LogP contribution in [0.15, 0.2) is 34.1 Å². The number of benzene rings is 1. The maximum absolute atomic E-state index is 14.0. The van der Waals surface area contributed by atoms with E-state index in [0.29, 0.717) is 29.0 Å². The minimum Gasteiger partial charge on any atom is -0.268 e. The molecule has 0 bridgehead atoms. The summed E-state index contributed by atoms with van der Waals surface area (Å²) in [6.07, 6.45) is 4.43. The van der Waals surface area contributed by atoms with Crippen LogP contribution in [0.3, 0.4) is 0 Å². The highest BCUT2D eigenvalue weighted by molar-refractivity contribution is 7.84. The lowest BCUT2D eigenvalue weighted by atomic mass is 9.97. The van der Waals surface area contributed by atoms with E-state index in [-0.39, 0.29) is 10.5 Å². The first-order chi connectivity index (χ1) is 10.4. The van der Waals surface area contributed by atoms with Gasteiger partial charge in [-0.15, -0.1) is 0 Å². The third-order valence-electron chi connectivity index (χ3n) is 3.48. The molecule has 4 nitrogen and oxygen atoms in total. The molecule has 1 aromatic heterocycles. The molecule has 0 aliphatic heterocycles. The molecule has 0 amide bonds. The van der Waals surface area contributed by atoms with E-state index in [1.165, 1.54) is 24.6 Å². The van der Waals surface area contributed by atoms with Gasteiger partial charge in [0.25, 0.3) is 5.56 Å². The van der Waals surface area contributed by atoms with Crippen LogP contribution in [-0.2, 0) is 17.2 Å². The maximum Gasteiger partial charge on any atom is 0.267 e. The van der Waals surface area contributed by atoms with Crippen LogP contribution in [0.4, 0.5) is 4.39 Å². The van der Waals surface area contributed by atoms with E-state index in [4.69, 9.17) is 0 Å². The number of halogens is 1. The fraction of sp³-hybridized carbons (Fsp3) is 0.375. The van der Waals surface area contributed by atoms with Crippen molar-refractivity contribution >= 4 is 10.8 Å². The molecule has 0 fully saturated rings. The van der Waals surface area contributed by atoms with E-state index in [9.17, 15) is 13.4 Å². The third kappa shape index (κ3) is 3.68. The van der Waals surface area contributed by atoms with Crippen LogP contribution in [0.5, 0.6) is 0 Å². The minimum absolute atomic E-state index is 0.158. The van der Waals surface area contributed by atoms with Crippen molar-refractivity contribution in [1.29, 1.82) is 0 Å². The zero-order valence-corrected chi connectivity index (χ0v) is 13.7. The van der Waals surface area contributed by atoms with E-state index in [0.717, 1.165) is 6.42 Å². The van der Waals surface area contributed by atoms with E-state index in [2.05, 4.69) is 24.0 Å². The van der Waals surface area contributed by atoms with Gasteiger partial charge in [-0.25, -0.2) is 9.49 Å². The third-order valence-corrected chi connectivity index (χ3v) is 4.43. The van der Waals surface area contributed by atoms with E-state index < -0.39 is 16.6 Å². The summed E-state index contributed by atoms with van der Waals surface area (Å²) < 4.78 is 25.4. The standard InChI is InChI=1S/C16H19FN2O2S/c1-10(2)4-6-12-13(9-18-19-16(12)20)11-5-7-15(22(3)21)14(17)8-11/h5,7-10H,4,6H2,1-3H3,(H,19,20). The Morgan fingerprint density at radius 3 is 2.68 bits per heavy atom. The van der Waals surface area contributed by atoms with Gasteiger partial charge in [-0.1, -0.05) is 19.9 Å². The number of aromatic amines is 1. The molecule has 0 radical (unpaired) electrons. The second-order valence-electron chi connectivity index (χ2n) is 5.62. The Balaban J connectivity index is 2.48. The monoisotopic (exact) mass is 322 g/mol. The summed E-state index contributed by atoms with van der Waals surface area (Å²) in [5, 5.41) is 6.25. The molecule has 22 heavy (non-hydrogen) atoms. The Kier molecular flexibility index (Phi) is 5.24. The normalized spacial score (nSPS) is 12.6. The molecule has 6 heteroatoms. The van der Waals surface area contributed by atoms with Crippen LogP contribution >= 0.6 is 0 Å². The van der Waals surface area contributed by atoms with Gasteiger partial charge in [0.05, 0.1) is 21.9 Å². The molecule has 0 saturated heterocycles. The zero-order chi connectivity index (χ0) is 16.3. The smallest absolute Gasteiger partial charge is 0.267 e. The first kappa shape index (κ1) is 16.5. The summed E-state index contributed by atoms with van der Waals surface area (Å²) in [5.41, 5.74) is 1.55. The van der Waals surface area contributed by atoms with Crippen LogP contribution < -0.4 is 5.56 Å². The molecule has 1 heterocycles. The molecule has 1 N–H and O–H groups in total. The number of nitrogens with zero attached hydrogens (tertiary/aromatic N) is 1. The number of H-pyrrole nitrogens is 1. The van der Waals surface area contributed by atoms with Gasteiger partial charge in [0, 0.05) is 17.4 Å². The first-order valence-electron chi connectivity index (χ1n) is 7.10. The number of hydrogen-bond acceptors (Lipinski definition) is 3. The van der Waals surface area contributed by atoms with Crippen LogP contribution in [0.25, 0.3) is 11.1 Å². The predicted molar refractivity (Wildman–Crippen MR) is 85.7 cm³/mol. The van der Waals surface area contributed by atoms with E-state index in [1.807, 2.05) is 0 Å². The second kappa shape index (κ2) is 6.96. The fourth-order valence-corrected chi connectivity index (χ4v) is 2.85. The van der Waals surface area contributed by atoms with Gasteiger partial charge in [0.15, 0.2) is 0 Å². The van der Waals surface area contributed by atoms with Gasteiger partial charge in [-0.2, -0.15) is 5.10 Å². The van der Waals surface area contributed by atoms with Gasteiger partial charge < -0.3 is 0 Å². The minimum atomic E-state index is -1.38. The van der Waals surface area contributed by atoms with Crippen molar-refractivity contribution in [3.05, 3.63) is 46.1 Å². The molecule has 118 valence electrons. The van der Waals surface area contributed by atoms with Crippen LogP contribution in [0.1, 0.15) is 25.8 Å². The van der Waals surface area contributed by atoms with Crippen molar-refractivity contribution in [1.82, 2.24) is 10.2 Å². The Bertz CT molecular complexity index is 756. The lowest BCUT2D eigenvalue weighted by Gasteiger charge is -2.10.